The maximum absolute atomic E-state index is 5.77. The second-order valence-electron chi connectivity index (χ2n) is 2.68. The molecule has 0 aliphatic carbocycles. The number of anilines is 1. The van der Waals surface area contributed by atoms with Crippen LogP contribution in [0.4, 0.5) is 5.69 Å². The first-order valence-corrected chi connectivity index (χ1v) is 4.81. The van der Waals surface area contributed by atoms with Crippen LogP contribution in [0.2, 0.25) is 0 Å². The number of thiazole rings is 1. The van der Waals surface area contributed by atoms with E-state index in [1.54, 1.807) is 29.9 Å². The van der Waals surface area contributed by atoms with Crippen molar-refractivity contribution in [2.45, 2.75) is 6.42 Å². The maximum atomic E-state index is 5.77. The summed E-state index contributed by atoms with van der Waals surface area (Å²) in [7, 11) is 0. The van der Waals surface area contributed by atoms with Crippen molar-refractivity contribution < 1.29 is 0 Å². The molecule has 2 rings (SSSR count). The molecule has 4 heteroatoms. The molecule has 2 aromatic rings. The van der Waals surface area contributed by atoms with E-state index in [2.05, 4.69) is 9.97 Å². The number of pyridine rings is 1. The summed E-state index contributed by atoms with van der Waals surface area (Å²) in [6.45, 7) is 0. The standard InChI is InChI=1S/C9H9N3S/c10-8-1-2-11-6-7(8)5-9-12-3-4-13-9/h1-4,6H,5H2,(H2,10,11). The van der Waals surface area contributed by atoms with Crippen LogP contribution in [0.25, 0.3) is 0 Å². The maximum Gasteiger partial charge on any atom is 0.0970 e. The van der Waals surface area contributed by atoms with Gasteiger partial charge in [0.1, 0.15) is 0 Å². The molecule has 0 spiro atoms. The minimum atomic E-state index is 0.775. The molecule has 0 aliphatic heterocycles. The van der Waals surface area contributed by atoms with E-state index in [-0.39, 0.29) is 0 Å². The average Bonchev–Trinajstić information content (AvgIpc) is 2.61. The third-order valence-corrected chi connectivity index (χ3v) is 2.55. The molecule has 13 heavy (non-hydrogen) atoms. The van der Waals surface area contributed by atoms with Crippen molar-refractivity contribution in [2.24, 2.45) is 0 Å². The number of hydrogen-bond donors (Lipinski definition) is 1. The van der Waals surface area contributed by atoms with E-state index in [0.717, 1.165) is 22.7 Å². The van der Waals surface area contributed by atoms with E-state index in [1.165, 1.54) is 0 Å². The van der Waals surface area contributed by atoms with E-state index in [4.69, 9.17) is 5.73 Å². The van der Waals surface area contributed by atoms with Crippen molar-refractivity contribution in [2.75, 3.05) is 5.73 Å². The minimum Gasteiger partial charge on any atom is -0.398 e. The number of nitrogens with two attached hydrogens (primary N) is 1. The largest absolute Gasteiger partial charge is 0.398 e. The Bertz CT molecular complexity index is 384. The van der Waals surface area contributed by atoms with Crippen molar-refractivity contribution in [3.05, 3.63) is 40.6 Å². The topological polar surface area (TPSA) is 51.8 Å². The van der Waals surface area contributed by atoms with Crippen LogP contribution < -0.4 is 5.73 Å². The molecule has 0 unspecified atom stereocenters. The summed E-state index contributed by atoms with van der Waals surface area (Å²) in [6, 6.07) is 1.81. The van der Waals surface area contributed by atoms with Crippen LogP contribution >= 0.6 is 11.3 Å². The summed E-state index contributed by atoms with van der Waals surface area (Å²) < 4.78 is 0. The van der Waals surface area contributed by atoms with Gasteiger partial charge in [-0.25, -0.2) is 4.98 Å². The summed E-state index contributed by atoms with van der Waals surface area (Å²) in [4.78, 5) is 8.21. The number of rotatable bonds is 2. The summed E-state index contributed by atoms with van der Waals surface area (Å²) in [5, 5.41) is 3.03. The van der Waals surface area contributed by atoms with Gasteiger partial charge in [-0.2, -0.15) is 0 Å². The zero-order valence-corrected chi connectivity index (χ0v) is 7.79. The van der Waals surface area contributed by atoms with Crippen LogP contribution in [-0.2, 0) is 6.42 Å². The Morgan fingerprint density at radius 1 is 1.38 bits per heavy atom. The monoisotopic (exact) mass is 191 g/mol. The normalized spacial score (nSPS) is 10.2. The number of nitrogens with zero attached hydrogens (tertiary/aromatic N) is 2. The Kier molecular flexibility index (Phi) is 2.23. The van der Waals surface area contributed by atoms with Gasteiger partial charge in [0.2, 0.25) is 0 Å². The third-order valence-electron chi connectivity index (χ3n) is 1.77. The van der Waals surface area contributed by atoms with Gasteiger partial charge < -0.3 is 5.73 Å². The third kappa shape index (κ3) is 1.84. The number of nitrogen functional groups attached to an aromatic ring is 1. The molecular formula is C9H9N3S. The fraction of sp³-hybridized carbons (Fsp3) is 0.111. The number of hydrogen-bond acceptors (Lipinski definition) is 4. The van der Waals surface area contributed by atoms with E-state index < -0.39 is 0 Å². The molecular weight excluding hydrogens is 182 g/mol. The molecule has 2 aromatic heterocycles. The lowest BCUT2D eigenvalue weighted by Crippen LogP contribution is -1.95. The van der Waals surface area contributed by atoms with Crippen LogP contribution in [0.15, 0.2) is 30.0 Å². The number of aromatic nitrogens is 2. The van der Waals surface area contributed by atoms with Crippen LogP contribution in [0.5, 0.6) is 0 Å². The fourth-order valence-corrected chi connectivity index (χ4v) is 1.73. The highest BCUT2D eigenvalue weighted by atomic mass is 32.1. The minimum absolute atomic E-state index is 0.775. The highest BCUT2D eigenvalue weighted by Crippen LogP contribution is 2.15. The van der Waals surface area contributed by atoms with Crippen LogP contribution in [-0.4, -0.2) is 9.97 Å². The van der Waals surface area contributed by atoms with Gasteiger partial charge in [-0.15, -0.1) is 11.3 Å². The highest BCUT2D eigenvalue weighted by Gasteiger charge is 2.01. The van der Waals surface area contributed by atoms with Gasteiger partial charge in [-0.3, -0.25) is 4.98 Å². The fourth-order valence-electron chi connectivity index (χ4n) is 1.09. The first-order chi connectivity index (χ1) is 6.36. The van der Waals surface area contributed by atoms with Gasteiger partial charge in [0.05, 0.1) is 5.01 Å². The lowest BCUT2D eigenvalue weighted by atomic mass is 10.2. The molecule has 0 atom stereocenters. The van der Waals surface area contributed by atoms with Gasteiger partial charge in [0.15, 0.2) is 0 Å². The predicted molar refractivity (Wildman–Crippen MR) is 53.6 cm³/mol. The Morgan fingerprint density at radius 2 is 2.31 bits per heavy atom. The van der Waals surface area contributed by atoms with Crippen LogP contribution in [0.3, 0.4) is 0 Å². The molecule has 0 aliphatic rings. The first-order valence-electron chi connectivity index (χ1n) is 3.93. The summed E-state index contributed by atoms with van der Waals surface area (Å²) in [5.74, 6) is 0. The predicted octanol–water partition coefficient (Wildman–Crippen LogP) is 1.71. The van der Waals surface area contributed by atoms with Crippen molar-refractivity contribution in [3.63, 3.8) is 0 Å². The average molecular weight is 191 g/mol. The summed E-state index contributed by atoms with van der Waals surface area (Å²) in [5.41, 5.74) is 7.60. The molecule has 0 radical (unpaired) electrons. The Hall–Kier alpha value is -1.42. The van der Waals surface area contributed by atoms with Crippen LogP contribution in [0.1, 0.15) is 10.6 Å². The molecule has 2 N–H and O–H groups in total. The SMILES string of the molecule is Nc1ccncc1Cc1nccs1. The summed E-state index contributed by atoms with van der Waals surface area (Å²) in [6.07, 6.45) is 6.06. The molecule has 0 aromatic carbocycles. The van der Waals surface area contributed by atoms with Gasteiger partial charge in [-0.05, 0) is 6.07 Å². The van der Waals surface area contributed by atoms with Crippen LogP contribution in [0, 0.1) is 0 Å². The quantitative estimate of drug-likeness (QED) is 0.786. The van der Waals surface area contributed by atoms with Gasteiger partial charge in [0, 0.05) is 41.6 Å². The molecule has 0 saturated heterocycles. The molecule has 3 nitrogen and oxygen atoms in total. The smallest absolute Gasteiger partial charge is 0.0970 e. The lowest BCUT2D eigenvalue weighted by Gasteiger charge is -2.00. The van der Waals surface area contributed by atoms with Crippen molar-refractivity contribution >= 4 is 17.0 Å². The second-order valence-corrected chi connectivity index (χ2v) is 3.66. The first kappa shape index (κ1) is 8.19. The molecule has 0 fully saturated rings. The zero-order valence-electron chi connectivity index (χ0n) is 6.97. The molecule has 0 saturated carbocycles. The Labute approximate surface area is 80.3 Å². The molecule has 0 bridgehead atoms. The Balaban J connectivity index is 2.24. The Morgan fingerprint density at radius 3 is 3.00 bits per heavy atom. The molecule has 66 valence electrons. The van der Waals surface area contributed by atoms with Gasteiger partial charge in [0.25, 0.3) is 0 Å². The van der Waals surface area contributed by atoms with E-state index in [0.29, 0.717) is 0 Å². The van der Waals surface area contributed by atoms with E-state index >= 15 is 0 Å². The molecule has 2 heterocycles. The van der Waals surface area contributed by atoms with Crippen molar-refractivity contribution in [1.82, 2.24) is 9.97 Å². The highest BCUT2D eigenvalue weighted by molar-refractivity contribution is 7.09. The zero-order chi connectivity index (χ0) is 9.10. The molecule has 0 amide bonds. The van der Waals surface area contributed by atoms with E-state index in [1.807, 2.05) is 11.4 Å². The second kappa shape index (κ2) is 3.53. The lowest BCUT2D eigenvalue weighted by molar-refractivity contribution is 1.11. The van der Waals surface area contributed by atoms with Gasteiger partial charge >= 0.3 is 0 Å². The van der Waals surface area contributed by atoms with Crippen molar-refractivity contribution in [3.8, 4) is 0 Å². The van der Waals surface area contributed by atoms with E-state index in [9.17, 15) is 0 Å². The van der Waals surface area contributed by atoms with Gasteiger partial charge in [-0.1, -0.05) is 0 Å². The van der Waals surface area contributed by atoms with Crippen molar-refractivity contribution in [1.29, 1.82) is 0 Å². The summed E-state index contributed by atoms with van der Waals surface area (Å²) >= 11 is 1.63.